The van der Waals surface area contributed by atoms with Gasteiger partial charge < -0.3 is 20.1 Å². The third-order valence-corrected chi connectivity index (χ3v) is 4.15. The second-order valence-corrected chi connectivity index (χ2v) is 6.58. The van der Waals surface area contributed by atoms with Crippen LogP contribution in [-0.2, 0) is 11.3 Å². The Morgan fingerprint density at radius 2 is 1.86 bits per heavy atom. The van der Waals surface area contributed by atoms with Crippen molar-refractivity contribution >= 4 is 11.8 Å². The Morgan fingerprint density at radius 3 is 2.46 bits per heavy atom. The van der Waals surface area contributed by atoms with E-state index in [4.69, 9.17) is 9.47 Å². The smallest absolute Gasteiger partial charge is 0.251 e. The van der Waals surface area contributed by atoms with Gasteiger partial charge in [0.1, 0.15) is 11.8 Å². The van der Waals surface area contributed by atoms with E-state index in [0.29, 0.717) is 30.3 Å². The van der Waals surface area contributed by atoms with Crippen molar-refractivity contribution in [3.05, 3.63) is 53.7 Å². The van der Waals surface area contributed by atoms with Crippen LogP contribution in [0.2, 0.25) is 0 Å². The Labute approximate surface area is 165 Å². The predicted octanol–water partition coefficient (Wildman–Crippen LogP) is 2.56. The van der Waals surface area contributed by atoms with Crippen LogP contribution in [0.25, 0.3) is 0 Å². The highest BCUT2D eigenvalue weighted by atomic mass is 16.5. The summed E-state index contributed by atoms with van der Waals surface area (Å²) in [6, 6.07) is 9.68. The summed E-state index contributed by atoms with van der Waals surface area (Å²) in [6.45, 7) is 6.50. The van der Waals surface area contributed by atoms with Crippen molar-refractivity contribution in [3.63, 3.8) is 0 Å². The summed E-state index contributed by atoms with van der Waals surface area (Å²) in [5, 5.41) is 5.68. The van der Waals surface area contributed by atoms with E-state index >= 15 is 0 Å². The molecular formula is C21H27N3O4. The number of hydrogen-bond acceptors (Lipinski definition) is 5. The van der Waals surface area contributed by atoms with Gasteiger partial charge in [0.2, 0.25) is 11.8 Å². The van der Waals surface area contributed by atoms with Crippen molar-refractivity contribution in [2.24, 2.45) is 5.92 Å². The lowest BCUT2D eigenvalue weighted by Crippen LogP contribution is -2.49. The normalized spacial score (nSPS) is 11.6. The minimum absolute atomic E-state index is 0.0707. The van der Waals surface area contributed by atoms with Gasteiger partial charge in [-0.05, 0) is 48.7 Å². The number of carbonyl (C=O) groups is 2. The molecule has 0 saturated heterocycles. The molecule has 0 bridgehead atoms. The molecule has 2 N–H and O–H groups in total. The monoisotopic (exact) mass is 385 g/mol. The van der Waals surface area contributed by atoms with Crippen LogP contribution in [0, 0.1) is 5.92 Å². The number of hydrogen-bond donors (Lipinski definition) is 2. The van der Waals surface area contributed by atoms with Crippen LogP contribution >= 0.6 is 0 Å². The second-order valence-electron chi connectivity index (χ2n) is 6.58. The quantitative estimate of drug-likeness (QED) is 0.692. The van der Waals surface area contributed by atoms with E-state index in [1.807, 2.05) is 26.8 Å². The Balaban J connectivity index is 1.99. The van der Waals surface area contributed by atoms with Gasteiger partial charge in [-0.25, -0.2) is 4.98 Å². The molecule has 0 aliphatic carbocycles. The first-order valence-corrected chi connectivity index (χ1v) is 9.25. The summed E-state index contributed by atoms with van der Waals surface area (Å²) in [5.74, 6) is 0.560. The van der Waals surface area contributed by atoms with Crippen LogP contribution in [0.4, 0.5) is 0 Å². The molecule has 7 heteroatoms. The van der Waals surface area contributed by atoms with Crippen LogP contribution in [-0.4, -0.2) is 36.6 Å². The molecule has 0 spiro atoms. The fraction of sp³-hybridized carbons (Fsp3) is 0.381. The highest BCUT2D eigenvalue weighted by Crippen LogP contribution is 2.13. The molecule has 0 aliphatic heterocycles. The Kier molecular flexibility index (Phi) is 7.80. The first kappa shape index (κ1) is 21.2. The van der Waals surface area contributed by atoms with Crippen molar-refractivity contribution < 1.29 is 19.1 Å². The number of amides is 2. The zero-order valence-corrected chi connectivity index (χ0v) is 16.7. The molecule has 0 fully saturated rings. The summed E-state index contributed by atoms with van der Waals surface area (Å²) in [4.78, 5) is 29.2. The summed E-state index contributed by atoms with van der Waals surface area (Å²) >= 11 is 0. The molecule has 0 aliphatic rings. The van der Waals surface area contributed by atoms with Gasteiger partial charge in [-0.15, -0.1) is 0 Å². The molecule has 7 nitrogen and oxygen atoms in total. The van der Waals surface area contributed by atoms with E-state index in [-0.39, 0.29) is 17.7 Å². The number of rotatable bonds is 9. The highest BCUT2D eigenvalue weighted by Gasteiger charge is 2.24. The molecule has 0 saturated carbocycles. The molecule has 150 valence electrons. The molecule has 1 atom stereocenters. The lowest BCUT2D eigenvalue weighted by molar-refractivity contribution is -0.124. The fourth-order valence-corrected chi connectivity index (χ4v) is 2.59. The van der Waals surface area contributed by atoms with Gasteiger partial charge in [0.15, 0.2) is 0 Å². The standard InChI is InChI=1S/C21H27N3O4/c1-5-28-18-12-15(10-11-22-18)13-23-21(26)19(14(2)3)24-20(25)16-6-8-17(27-4)9-7-16/h6-12,14,19H,5,13H2,1-4H3,(H,23,26)(H,24,25). The van der Waals surface area contributed by atoms with Crippen LogP contribution in [0.3, 0.4) is 0 Å². The number of methoxy groups -OCH3 is 1. The van der Waals surface area contributed by atoms with Gasteiger partial charge in [0, 0.05) is 24.4 Å². The largest absolute Gasteiger partial charge is 0.497 e. The molecule has 1 heterocycles. The maximum Gasteiger partial charge on any atom is 0.251 e. The molecule has 2 rings (SSSR count). The molecule has 0 radical (unpaired) electrons. The van der Waals surface area contributed by atoms with Crippen LogP contribution < -0.4 is 20.1 Å². The summed E-state index contributed by atoms with van der Waals surface area (Å²) in [5.41, 5.74) is 1.34. The zero-order valence-electron chi connectivity index (χ0n) is 16.7. The Hall–Kier alpha value is -3.09. The third-order valence-electron chi connectivity index (χ3n) is 4.15. The molecule has 2 amide bonds. The fourth-order valence-electron chi connectivity index (χ4n) is 2.59. The van der Waals surface area contributed by atoms with Crippen molar-refractivity contribution in [2.45, 2.75) is 33.4 Å². The van der Waals surface area contributed by atoms with E-state index < -0.39 is 6.04 Å². The van der Waals surface area contributed by atoms with Gasteiger partial charge >= 0.3 is 0 Å². The average Bonchev–Trinajstić information content (AvgIpc) is 2.70. The van der Waals surface area contributed by atoms with E-state index in [1.54, 1.807) is 43.6 Å². The molecule has 1 unspecified atom stereocenters. The van der Waals surface area contributed by atoms with Gasteiger partial charge in [-0.1, -0.05) is 13.8 Å². The maximum atomic E-state index is 12.6. The number of carbonyl (C=O) groups excluding carboxylic acids is 2. The minimum atomic E-state index is -0.650. The maximum absolute atomic E-state index is 12.6. The predicted molar refractivity (Wildman–Crippen MR) is 106 cm³/mol. The summed E-state index contributed by atoms with van der Waals surface area (Å²) in [6.07, 6.45) is 1.64. The number of benzene rings is 1. The summed E-state index contributed by atoms with van der Waals surface area (Å²) < 4.78 is 10.5. The lowest BCUT2D eigenvalue weighted by atomic mass is 10.0. The van der Waals surface area contributed by atoms with Crippen LogP contribution in [0.1, 0.15) is 36.7 Å². The lowest BCUT2D eigenvalue weighted by Gasteiger charge is -2.22. The van der Waals surface area contributed by atoms with E-state index in [0.717, 1.165) is 5.56 Å². The molecule has 28 heavy (non-hydrogen) atoms. The average molecular weight is 385 g/mol. The Bertz CT molecular complexity index is 790. The molecule has 1 aromatic heterocycles. The molecule has 2 aromatic rings. The Morgan fingerprint density at radius 1 is 1.14 bits per heavy atom. The highest BCUT2D eigenvalue weighted by molar-refractivity contribution is 5.97. The minimum Gasteiger partial charge on any atom is -0.497 e. The topological polar surface area (TPSA) is 89.6 Å². The van der Waals surface area contributed by atoms with Crippen LogP contribution in [0.5, 0.6) is 11.6 Å². The first-order valence-electron chi connectivity index (χ1n) is 9.25. The van der Waals surface area contributed by atoms with Crippen molar-refractivity contribution in [3.8, 4) is 11.6 Å². The molecule has 1 aromatic carbocycles. The van der Waals surface area contributed by atoms with E-state index in [2.05, 4.69) is 15.6 Å². The van der Waals surface area contributed by atoms with Gasteiger partial charge in [-0.3, -0.25) is 9.59 Å². The van der Waals surface area contributed by atoms with Gasteiger partial charge in [0.05, 0.1) is 13.7 Å². The number of aromatic nitrogens is 1. The van der Waals surface area contributed by atoms with Gasteiger partial charge in [0.25, 0.3) is 5.91 Å². The summed E-state index contributed by atoms with van der Waals surface area (Å²) in [7, 11) is 1.56. The SMILES string of the molecule is CCOc1cc(CNC(=O)C(NC(=O)c2ccc(OC)cc2)C(C)C)ccn1. The van der Waals surface area contributed by atoms with Crippen molar-refractivity contribution in [2.75, 3.05) is 13.7 Å². The zero-order chi connectivity index (χ0) is 20.5. The van der Waals surface area contributed by atoms with Crippen molar-refractivity contribution in [1.29, 1.82) is 0 Å². The number of nitrogens with zero attached hydrogens (tertiary/aromatic N) is 1. The van der Waals surface area contributed by atoms with Gasteiger partial charge in [-0.2, -0.15) is 0 Å². The third kappa shape index (κ3) is 5.97. The van der Waals surface area contributed by atoms with Crippen LogP contribution in [0.15, 0.2) is 42.6 Å². The molecular weight excluding hydrogens is 358 g/mol. The van der Waals surface area contributed by atoms with E-state index in [9.17, 15) is 9.59 Å². The number of pyridine rings is 1. The second kappa shape index (κ2) is 10.3. The first-order chi connectivity index (χ1) is 13.4. The van der Waals surface area contributed by atoms with E-state index in [1.165, 1.54) is 0 Å². The number of nitrogens with one attached hydrogen (secondary N) is 2. The van der Waals surface area contributed by atoms with Crippen molar-refractivity contribution in [1.82, 2.24) is 15.6 Å². The number of ether oxygens (including phenoxy) is 2.